The van der Waals surface area contributed by atoms with Gasteiger partial charge in [0.05, 0.1) is 39.6 Å². The first kappa shape index (κ1) is 24.7. The third kappa shape index (κ3) is 3.88. The van der Waals surface area contributed by atoms with E-state index in [9.17, 15) is 0 Å². The summed E-state index contributed by atoms with van der Waals surface area (Å²) in [6, 6.07) is 24.7. The van der Waals surface area contributed by atoms with Crippen LogP contribution in [0.15, 0.2) is 72.8 Å². The molecule has 0 radical (unpaired) electrons. The number of ether oxygens (including phenoxy) is 7. The van der Waals surface area contributed by atoms with Gasteiger partial charge in [-0.05, 0) is 46.0 Å². The van der Waals surface area contributed by atoms with E-state index in [-0.39, 0.29) is 10.8 Å². The molecule has 7 heteroatoms. The van der Waals surface area contributed by atoms with Gasteiger partial charge in [-0.3, -0.25) is 0 Å². The second-order valence-corrected chi connectivity index (χ2v) is 12.3. The van der Waals surface area contributed by atoms with Gasteiger partial charge in [-0.1, -0.05) is 62.4 Å². The molecule has 6 saturated heterocycles. The molecule has 6 aliphatic rings. The van der Waals surface area contributed by atoms with Crippen LogP contribution in [0.1, 0.15) is 30.5 Å². The highest BCUT2D eigenvalue weighted by Gasteiger charge is 2.53. The Morgan fingerprint density at radius 3 is 1.57 bits per heavy atom. The van der Waals surface area contributed by atoms with Gasteiger partial charge < -0.3 is 33.2 Å². The molecular formula is C33H32O7. The monoisotopic (exact) mass is 540 g/mol. The Kier molecular flexibility index (Phi) is 5.40. The Morgan fingerprint density at radius 1 is 0.575 bits per heavy atom. The van der Waals surface area contributed by atoms with E-state index in [0.29, 0.717) is 46.2 Å². The fraction of sp³-hybridized carbons (Fsp3) is 0.394. The average molecular weight is 541 g/mol. The molecule has 40 heavy (non-hydrogen) atoms. The second kappa shape index (κ2) is 8.73. The molecule has 0 saturated carbocycles. The van der Waals surface area contributed by atoms with Crippen molar-refractivity contribution in [2.75, 3.05) is 39.6 Å². The first-order chi connectivity index (χ1) is 19.4. The maximum atomic E-state index is 6.61. The van der Waals surface area contributed by atoms with Crippen LogP contribution >= 0.6 is 0 Å². The highest BCUT2D eigenvalue weighted by Crippen LogP contribution is 2.47. The van der Waals surface area contributed by atoms with E-state index in [1.807, 2.05) is 30.3 Å². The quantitative estimate of drug-likeness (QED) is 0.310. The van der Waals surface area contributed by atoms with Gasteiger partial charge in [0.2, 0.25) is 0 Å². The van der Waals surface area contributed by atoms with Crippen molar-refractivity contribution in [1.82, 2.24) is 0 Å². The van der Waals surface area contributed by atoms with Crippen molar-refractivity contribution in [3.05, 3.63) is 89.5 Å². The maximum Gasteiger partial charge on any atom is 0.312 e. The lowest BCUT2D eigenvalue weighted by Gasteiger charge is -2.50. The van der Waals surface area contributed by atoms with Gasteiger partial charge in [0.25, 0.3) is 0 Å². The van der Waals surface area contributed by atoms with Crippen LogP contribution in [-0.4, -0.2) is 39.6 Å². The Balaban J connectivity index is 1.17. The molecule has 6 fully saturated rings. The molecule has 0 unspecified atom stereocenters. The van der Waals surface area contributed by atoms with Crippen molar-refractivity contribution in [2.45, 2.75) is 32.4 Å². The zero-order chi connectivity index (χ0) is 27.0. The van der Waals surface area contributed by atoms with Crippen molar-refractivity contribution < 1.29 is 33.2 Å². The lowest BCUT2D eigenvalue weighted by atomic mass is 9.90. The largest absolute Gasteiger partial charge is 0.488 e. The number of hydrogen-bond donors (Lipinski definition) is 0. The summed E-state index contributed by atoms with van der Waals surface area (Å²) in [6.45, 7) is 8.11. The molecule has 0 spiro atoms. The maximum absolute atomic E-state index is 6.61. The molecule has 4 aromatic carbocycles. The van der Waals surface area contributed by atoms with E-state index >= 15 is 0 Å². The van der Waals surface area contributed by atoms with E-state index in [0.717, 1.165) is 44.0 Å². The molecule has 206 valence electrons. The summed E-state index contributed by atoms with van der Waals surface area (Å²) in [5.41, 5.74) is 2.42. The minimum atomic E-state index is -1.21. The molecule has 4 aromatic rings. The zero-order valence-electron chi connectivity index (χ0n) is 22.7. The minimum Gasteiger partial charge on any atom is -0.488 e. The molecule has 6 aliphatic heterocycles. The summed E-state index contributed by atoms with van der Waals surface area (Å²) in [4.78, 5) is 0. The molecule has 0 N–H and O–H groups in total. The fourth-order valence-electron chi connectivity index (χ4n) is 6.03. The summed E-state index contributed by atoms with van der Waals surface area (Å²) in [5.74, 6) is -1.67. The van der Waals surface area contributed by atoms with Crippen molar-refractivity contribution in [1.29, 1.82) is 0 Å². The predicted molar refractivity (Wildman–Crippen MR) is 148 cm³/mol. The average Bonchev–Trinajstić information content (AvgIpc) is 3.00. The summed E-state index contributed by atoms with van der Waals surface area (Å²) in [7, 11) is 0. The highest BCUT2D eigenvalue weighted by molar-refractivity contribution is 5.89. The van der Waals surface area contributed by atoms with Gasteiger partial charge in [0.1, 0.15) is 12.4 Å². The molecule has 10 rings (SSSR count). The zero-order valence-corrected chi connectivity index (χ0v) is 22.7. The van der Waals surface area contributed by atoms with Gasteiger partial charge in [-0.2, -0.15) is 0 Å². The summed E-state index contributed by atoms with van der Waals surface area (Å²) < 4.78 is 43.6. The molecule has 0 aliphatic carbocycles. The normalized spacial score (nSPS) is 33.0. The first-order valence-electron chi connectivity index (χ1n) is 13.9. The van der Waals surface area contributed by atoms with E-state index < -0.39 is 11.9 Å². The van der Waals surface area contributed by atoms with E-state index in [2.05, 4.69) is 56.3 Å². The molecule has 6 heterocycles. The van der Waals surface area contributed by atoms with Gasteiger partial charge in [-0.15, -0.1) is 0 Å². The molecular weight excluding hydrogens is 508 g/mol. The molecule has 0 amide bonds. The predicted octanol–water partition coefficient (Wildman–Crippen LogP) is 5.96. The number of benzene rings is 4. The van der Waals surface area contributed by atoms with Gasteiger partial charge in [-0.25, -0.2) is 0 Å². The fourth-order valence-corrected chi connectivity index (χ4v) is 6.03. The van der Waals surface area contributed by atoms with Crippen LogP contribution in [0, 0.1) is 10.8 Å². The van der Waals surface area contributed by atoms with Gasteiger partial charge in [0, 0.05) is 27.3 Å². The van der Waals surface area contributed by atoms with E-state index in [1.165, 1.54) is 0 Å². The second-order valence-electron chi connectivity index (χ2n) is 12.3. The van der Waals surface area contributed by atoms with Gasteiger partial charge in [0.15, 0.2) is 0 Å². The van der Waals surface area contributed by atoms with Crippen molar-refractivity contribution in [3.63, 3.8) is 0 Å². The van der Waals surface area contributed by atoms with Gasteiger partial charge >= 0.3 is 11.9 Å². The minimum absolute atomic E-state index is 0.109. The summed E-state index contributed by atoms with van der Waals surface area (Å²) in [5, 5.41) is 4.21. The standard InChI is InChI=1S/C33H32O7/c1-30-16-35-32(36-17-30,37-18-30)25-11-22-7-3-5-9-27(22)24(13-25)15-34-29-14-26(12-23-8-4-6-10-28(23)29)33-38-19-31(2,20-39-33)21-40-33/h3-14H,15-21H2,1-2H3. The Morgan fingerprint density at radius 2 is 1.02 bits per heavy atom. The summed E-state index contributed by atoms with van der Waals surface area (Å²) >= 11 is 0. The van der Waals surface area contributed by atoms with Crippen LogP contribution in [0.2, 0.25) is 0 Å². The Labute approximate surface area is 232 Å². The third-order valence-corrected chi connectivity index (χ3v) is 8.53. The van der Waals surface area contributed by atoms with Crippen LogP contribution in [0.5, 0.6) is 5.75 Å². The summed E-state index contributed by atoms with van der Waals surface area (Å²) in [6.07, 6.45) is 0. The topological polar surface area (TPSA) is 64.6 Å². The van der Waals surface area contributed by atoms with Crippen LogP contribution in [0.4, 0.5) is 0 Å². The lowest BCUT2D eigenvalue weighted by Crippen LogP contribution is -2.57. The SMILES string of the molecule is CC12COC(c3cc(COc4cc(C56OCC(C)(CO5)CO6)cc5ccccc45)c4ccccc4c3)(OC1)OC2. The van der Waals surface area contributed by atoms with Crippen molar-refractivity contribution in [3.8, 4) is 5.75 Å². The number of hydrogen-bond acceptors (Lipinski definition) is 7. The molecule has 4 bridgehead atoms. The number of rotatable bonds is 5. The van der Waals surface area contributed by atoms with Crippen LogP contribution in [0.25, 0.3) is 21.5 Å². The number of fused-ring (bicyclic) bond motifs is 8. The Hall–Kier alpha value is -3.04. The Bertz CT molecular complexity index is 1460. The lowest BCUT2D eigenvalue weighted by molar-refractivity contribution is -0.477. The van der Waals surface area contributed by atoms with Crippen LogP contribution in [-0.2, 0) is 47.0 Å². The molecule has 0 atom stereocenters. The van der Waals surface area contributed by atoms with E-state index in [1.54, 1.807) is 0 Å². The molecule has 0 aromatic heterocycles. The first-order valence-corrected chi connectivity index (χ1v) is 13.9. The molecule has 7 nitrogen and oxygen atoms in total. The van der Waals surface area contributed by atoms with Crippen molar-refractivity contribution in [2.24, 2.45) is 10.8 Å². The smallest absolute Gasteiger partial charge is 0.312 e. The van der Waals surface area contributed by atoms with Crippen LogP contribution in [0.3, 0.4) is 0 Å². The third-order valence-electron chi connectivity index (χ3n) is 8.53. The van der Waals surface area contributed by atoms with Crippen molar-refractivity contribution >= 4 is 21.5 Å². The van der Waals surface area contributed by atoms with Crippen LogP contribution < -0.4 is 4.74 Å². The highest BCUT2D eigenvalue weighted by atomic mass is 16.9. The van der Waals surface area contributed by atoms with E-state index in [4.69, 9.17) is 33.2 Å².